The quantitative estimate of drug-likeness (QED) is 0.645. The van der Waals surface area contributed by atoms with Gasteiger partial charge in [-0.25, -0.2) is 0 Å². The molecule has 1 N–H and O–H groups in total. The second-order valence-electron chi connectivity index (χ2n) is 4.60. The predicted octanol–water partition coefficient (Wildman–Crippen LogP) is 2.56. The molecular formula is C16H20N2O3S. The van der Waals surface area contributed by atoms with Crippen molar-refractivity contribution in [3.05, 3.63) is 29.5 Å². The molecule has 6 heteroatoms. The highest BCUT2D eigenvalue weighted by Gasteiger charge is 2.29. The van der Waals surface area contributed by atoms with Gasteiger partial charge in [0.25, 0.3) is 5.91 Å². The molecule has 2 rings (SSSR count). The van der Waals surface area contributed by atoms with Gasteiger partial charge in [-0.3, -0.25) is 9.69 Å². The maximum atomic E-state index is 12.2. The number of hydrogen-bond donors (Lipinski definition) is 1. The number of hydrogen-bond acceptors (Lipinski definition) is 4. The molecule has 0 bridgehead atoms. The van der Waals surface area contributed by atoms with E-state index in [2.05, 4.69) is 5.32 Å². The summed E-state index contributed by atoms with van der Waals surface area (Å²) in [6.07, 6.45) is 1.75. The Balaban J connectivity index is 2.34. The number of benzene rings is 1. The number of carbonyl (C=O) groups is 1. The molecule has 1 aromatic carbocycles. The minimum absolute atomic E-state index is 0.121. The van der Waals surface area contributed by atoms with Crippen molar-refractivity contribution in [3.8, 4) is 11.5 Å². The zero-order valence-corrected chi connectivity index (χ0v) is 13.8. The van der Waals surface area contributed by atoms with E-state index in [0.717, 1.165) is 11.3 Å². The SMILES string of the molecule is CCOc1ccc(/C=C2/NC(=S)N(CC)C2=O)c(OCC)c1. The first-order valence-electron chi connectivity index (χ1n) is 7.34. The van der Waals surface area contributed by atoms with E-state index in [-0.39, 0.29) is 5.91 Å². The Morgan fingerprint density at radius 3 is 2.55 bits per heavy atom. The van der Waals surface area contributed by atoms with Gasteiger partial charge in [-0.15, -0.1) is 0 Å². The maximum Gasteiger partial charge on any atom is 0.276 e. The summed E-state index contributed by atoms with van der Waals surface area (Å²) in [4.78, 5) is 13.8. The van der Waals surface area contributed by atoms with Crippen molar-refractivity contribution < 1.29 is 14.3 Å². The molecule has 1 fully saturated rings. The fourth-order valence-electron chi connectivity index (χ4n) is 2.19. The van der Waals surface area contributed by atoms with Crippen LogP contribution < -0.4 is 14.8 Å². The second kappa shape index (κ2) is 7.26. The van der Waals surface area contributed by atoms with Crippen molar-refractivity contribution in [1.82, 2.24) is 10.2 Å². The third-order valence-electron chi connectivity index (χ3n) is 3.17. The molecule has 1 aliphatic heterocycles. The highest BCUT2D eigenvalue weighted by molar-refractivity contribution is 7.80. The van der Waals surface area contributed by atoms with Crippen LogP contribution in [-0.4, -0.2) is 35.7 Å². The number of nitrogens with one attached hydrogen (secondary N) is 1. The number of rotatable bonds is 6. The standard InChI is InChI=1S/C16H20N2O3S/c1-4-18-15(19)13(17-16(18)22)9-11-7-8-12(20-5-2)10-14(11)21-6-3/h7-10H,4-6H2,1-3H3,(H,17,22)/b13-9+. The Hall–Kier alpha value is -2.08. The zero-order valence-electron chi connectivity index (χ0n) is 13.0. The number of likely N-dealkylation sites (N-methyl/N-ethyl adjacent to an activating group) is 1. The van der Waals surface area contributed by atoms with Crippen molar-refractivity contribution in [2.45, 2.75) is 20.8 Å². The van der Waals surface area contributed by atoms with Gasteiger partial charge in [0.1, 0.15) is 17.2 Å². The summed E-state index contributed by atoms with van der Waals surface area (Å²) in [5, 5.41) is 3.38. The fourth-order valence-corrected chi connectivity index (χ4v) is 2.51. The van der Waals surface area contributed by atoms with Crippen LogP contribution in [0, 0.1) is 0 Å². The number of ether oxygens (including phenoxy) is 2. The lowest BCUT2D eigenvalue weighted by molar-refractivity contribution is -0.122. The molecular weight excluding hydrogens is 300 g/mol. The largest absolute Gasteiger partial charge is 0.494 e. The van der Waals surface area contributed by atoms with Gasteiger partial charge in [0.05, 0.1) is 13.2 Å². The van der Waals surface area contributed by atoms with Gasteiger partial charge < -0.3 is 14.8 Å². The molecule has 118 valence electrons. The molecule has 1 amide bonds. The first kappa shape index (κ1) is 16.3. The molecule has 0 saturated carbocycles. The van der Waals surface area contributed by atoms with Crippen LogP contribution in [0.25, 0.3) is 6.08 Å². The van der Waals surface area contributed by atoms with Crippen molar-refractivity contribution in [2.75, 3.05) is 19.8 Å². The van der Waals surface area contributed by atoms with Gasteiger partial charge in [-0.1, -0.05) is 0 Å². The zero-order chi connectivity index (χ0) is 16.1. The van der Waals surface area contributed by atoms with E-state index in [9.17, 15) is 4.79 Å². The van der Waals surface area contributed by atoms with E-state index in [0.29, 0.717) is 36.3 Å². The highest BCUT2D eigenvalue weighted by atomic mass is 32.1. The monoisotopic (exact) mass is 320 g/mol. The van der Waals surface area contributed by atoms with Crippen molar-refractivity contribution in [1.29, 1.82) is 0 Å². The van der Waals surface area contributed by atoms with Gasteiger partial charge >= 0.3 is 0 Å². The van der Waals surface area contributed by atoms with Crippen LogP contribution in [0.15, 0.2) is 23.9 Å². The van der Waals surface area contributed by atoms with Crippen molar-refractivity contribution in [3.63, 3.8) is 0 Å². The molecule has 1 heterocycles. The Bertz CT molecular complexity index is 613. The van der Waals surface area contributed by atoms with Gasteiger partial charge in [0, 0.05) is 18.2 Å². The topological polar surface area (TPSA) is 50.8 Å². The minimum atomic E-state index is -0.121. The van der Waals surface area contributed by atoms with E-state index in [4.69, 9.17) is 21.7 Å². The summed E-state index contributed by atoms with van der Waals surface area (Å²) in [7, 11) is 0. The molecule has 5 nitrogen and oxygen atoms in total. The number of thiocarbonyl (C=S) groups is 1. The third-order valence-corrected chi connectivity index (χ3v) is 3.50. The summed E-state index contributed by atoms with van der Waals surface area (Å²) in [5.41, 5.74) is 1.26. The Kier molecular flexibility index (Phi) is 5.38. The molecule has 0 aliphatic carbocycles. The molecule has 0 radical (unpaired) electrons. The summed E-state index contributed by atoms with van der Waals surface area (Å²) in [6, 6.07) is 5.55. The number of carbonyl (C=O) groups excluding carboxylic acids is 1. The molecule has 0 unspecified atom stereocenters. The van der Waals surface area contributed by atoms with Gasteiger partial charge in [-0.2, -0.15) is 0 Å². The molecule has 1 saturated heterocycles. The molecule has 1 aliphatic rings. The molecule has 0 atom stereocenters. The lowest BCUT2D eigenvalue weighted by atomic mass is 10.1. The molecule has 22 heavy (non-hydrogen) atoms. The van der Waals surface area contributed by atoms with Crippen LogP contribution in [0.3, 0.4) is 0 Å². The Morgan fingerprint density at radius 1 is 1.23 bits per heavy atom. The number of nitrogens with zero attached hydrogens (tertiary/aromatic N) is 1. The summed E-state index contributed by atoms with van der Waals surface area (Å²) >= 11 is 5.15. The van der Waals surface area contributed by atoms with E-state index in [1.54, 1.807) is 6.08 Å². The van der Waals surface area contributed by atoms with Crippen LogP contribution in [-0.2, 0) is 4.79 Å². The Morgan fingerprint density at radius 2 is 1.95 bits per heavy atom. The van der Waals surface area contributed by atoms with Gasteiger partial charge in [-0.05, 0) is 51.2 Å². The number of amides is 1. The van der Waals surface area contributed by atoms with Crippen molar-refractivity contribution >= 4 is 29.3 Å². The third kappa shape index (κ3) is 3.39. The second-order valence-corrected chi connectivity index (χ2v) is 4.99. The fraction of sp³-hybridized carbons (Fsp3) is 0.375. The first-order valence-corrected chi connectivity index (χ1v) is 7.75. The average Bonchev–Trinajstić information content (AvgIpc) is 2.76. The van der Waals surface area contributed by atoms with Crippen LogP contribution in [0.5, 0.6) is 11.5 Å². The minimum Gasteiger partial charge on any atom is -0.494 e. The lowest BCUT2D eigenvalue weighted by Gasteiger charge is -2.11. The van der Waals surface area contributed by atoms with E-state index in [1.807, 2.05) is 39.0 Å². The van der Waals surface area contributed by atoms with Crippen LogP contribution >= 0.6 is 12.2 Å². The molecule has 1 aromatic rings. The Labute approximate surface area is 135 Å². The van der Waals surface area contributed by atoms with Crippen molar-refractivity contribution in [2.24, 2.45) is 0 Å². The van der Waals surface area contributed by atoms with E-state index < -0.39 is 0 Å². The normalized spacial score (nSPS) is 16.1. The average molecular weight is 320 g/mol. The van der Waals surface area contributed by atoms with Crippen LogP contribution in [0.2, 0.25) is 0 Å². The van der Waals surface area contributed by atoms with Crippen LogP contribution in [0.1, 0.15) is 26.3 Å². The predicted molar refractivity (Wildman–Crippen MR) is 89.9 cm³/mol. The summed E-state index contributed by atoms with van der Waals surface area (Å²) < 4.78 is 11.1. The van der Waals surface area contributed by atoms with E-state index >= 15 is 0 Å². The maximum absolute atomic E-state index is 12.2. The first-order chi connectivity index (χ1) is 10.6. The highest BCUT2D eigenvalue weighted by Crippen LogP contribution is 2.28. The molecule has 0 aromatic heterocycles. The van der Waals surface area contributed by atoms with Gasteiger partial charge in [0.2, 0.25) is 0 Å². The lowest BCUT2D eigenvalue weighted by Crippen LogP contribution is -2.30. The smallest absolute Gasteiger partial charge is 0.276 e. The molecule has 0 spiro atoms. The summed E-state index contributed by atoms with van der Waals surface area (Å²) in [6.45, 7) is 7.40. The van der Waals surface area contributed by atoms with E-state index in [1.165, 1.54) is 4.90 Å². The van der Waals surface area contributed by atoms with Gasteiger partial charge in [0.15, 0.2) is 5.11 Å². The van der Waals surface area contributed by atoms with Crippen LogP contribution in [0.4, 0.5) is 0 Å². The summed E-state index contributed by atoms with van der Waals surface area (Å²) in [5.74, 6) is 1.30.